The van der Waals surface area contributed by atoms with Crippen molar-refractivity contribution in [3.05, 3.63) is 0 Å². The molecule has 0 saturated heterocycles. The summed E-state index contributed by atoms with van der Waals surface area (Å²) >= 11 is 0. The minimum absolute atomic E-state index is 0.388. The van der Waals surface area contributed by atoms with Gasteiger partial charge in [0.15, 0.2) is 0 Å². The van der Waals surface area contributed by atoms with Gasteiger partial charge in [-0.3, -0.25) is 9.59 Å². The van der Waals surface area contributed by atoms with E-state index in [0.717, 1.165) is 6.42 Å². The van der Waals surface area contributed by atoms with Crippen LogP contribution in [-0.2, 0) is 14.4 Å². The molecule has 0 aliphatic heterocycles. The molecule has 68 valence electrons. The van der Waals surface area contributed by atoms with E-state index in [1.165, 1.54) is 0 Å². The molecule has 0 heterocycles. The Morgan fingerprint density at radius 1 is 1.25 bits per heavy atom. The standard InChI is InChI=1S/C7H12N2O3/c8-6(10)4-2-1-3-5(4)7(11)12-9/h4-5H,1-3,9H2,(H2,8,10). The third kappa shape index (κ3) is 1.55. The van der Waals surface area contributed by atoms with Gasteiger partial charge in [0.2, 0.25) is 5.91 Å². The van der Waals surface area contributed by atoms with E-state index in [4.69, 9.17) is 11.6 Å². The van der Waals surface area contributed by atoms with Crippen LogP contribution in [-0.4, -0.2) is 11.9 Å². The monoisotopic (exact) mass is 172 g/mol. The molecule has 2 unspecified atom stereocenters. The van der Waals surface area contributed by atoms with Crippen molar-refractivity contribution in [2.24, 2.45) is 23.5 Å². The van der Waals surface area contributed by atoms with Gasteiger partial charge in [0.25, 0.3) is 0 Å². The largest absolute Gasteiger partial charge is 0.373 e. The summed E-state index contributed by atoms with van der Waals surface area (Å²) < 4.78 is 0. The maximum atomic E-state index is 11.0. The zero-order valence-corrected chi connectivity index (χ0v) is 6.66. The summed E-state index contributed by atoms with van der Waals surface area (Å²) in [7, 11) is 0. The average Bonchev–Trinajstić information content (AvgIpc) is 2.50. The average molecular weight is 172 g/mol. The number of rotatable bonds is 2. The normalized spacial score (nSPS) is 28.4. The Morgan fingerprint density at radius 2 is 1.83 bits per heavy atom. The molecule has 0 aromatic carbocycles. The van der Waals surface area contributed by atoms with Crippen molar-refractivity contribution in [1.82, 2.24) is 0 Å². The Morgan fingerprint density at radius 3 is 2.33 bits per heavy atom. The number of primary amides is 1. The summed E-state index contributed by atoms with van der Waals surface area (Å²) in [6.45, 7) is 0. The Hall–Kier alpha value is -1.10. The fourth-order valence-corrected chi connectivity index (χ4v) is 1.67. The van der Waals surface area contributed by atoms with E-state index in [1.54, 1.807) is 0 Å². The molecule has 0 bridgehead atoms. The quantitative estimate of drug-likeness (QED) is 0.538. The predicted octanol–water partition coefficient (Wildman–Crippen LogP) is -0.695. The van der Waals surface area contributed by atoms with Crippen molar-refractivity contribution >= 4 is 11.9 Å². The van der Waals surface area contributed by atoms with Crippen LogP contribution in [0.5, 0.6) is 0 Å². The van der Waals surface area contributed by atoms with Gasteiger partial charge in [0.1, 0.15) is 0 Å². The lowest BCUT2D eigenvalue weighted by Gasteiger charge is -2.12. The van der Waals surface area contributed by atoms with E-state index in [0.29, 0.717) is 12.8 Å². The minimum atomic E-state index is -0.531. The van der Waals surface area contributed by atoms with Gasteiger partial charge in [-0.25, -0.2) is 0 Å². The third-order valence-corrected chi connectivity index (χ3v) is 2.30. The van der Waals surface area contributed by atoms with Crippen LogP contribution in [0, 0.1) is 11.8 Å². The van der Waals surface area contributed by atoms with Crippen LogP contribution in [0.4, 0.5) is 0 Å². The van der Waals surface area contributed by atoms with Gasteiger partial charge in [-0.05, 0) is 12.8 Å². The highest BCUT2D eigenvalue weighted by molar-refractivity contribution is 5.84. The smallest absolute Gasteiger partial charge is 0.328 e. The van der Waals surface area contributed by atoms with E-state index < -0.39 is 17.8 Å². The first-order valence-electron chi connectivity index (χ1n) is 3.86. The van der Waals surface area contributed by atoms with E-state index >= 15 is 0 Å². The molecule has 5 nitrogen and oxygen atoms in total. The molecular weight excluding hydrogens is 160 g/mol. The predicted molar refractivity (Wildman–Crippen MR) is 40.3 cm³/mol. The van der Waals surface area contributed by atoms with Crippen molar-refractivity contribution in [3.8, 4) is 0 Å². The SMILES string of the molecule is NOC(=O)C1CCCC1C(N)=O. The summed E-state index contributed by atoms with van der Waals surface area (Å²) in [6.07, 6.45) is 2.13. The van der Waals surface area contributed by atoms with Crippen molar-refractivity contribution < 1.29 is 14.4 Å². The van der Waals surface area contributed by atoms with Crippen LogP contribution in [0.15, 0.2) is 0 Å². The molecule has 1 rings (SSSR count). The Kier molecular flexibility index (Phi) is 2.65. The molecule has 12 heavy (non-hydrogen) atoms. The number of amides is 1. The highest BCUT2D eigenvalue weighted by Crippen LogP contribution is 2.31. The van der Waals surface area contributed by atoms with Crippen LogP contribution in [0.2, 0.25) is 0 Å². The van der Waals surface area contributed by atoms with Crippen LogP contribution >= 0.6 is 0 Å². The Labute approximate surface area is 70.0 Å². The fraction of sp³-hybridized carbons (Fsp3) is 0.714. The topological polar surface area (TPSA) is 95.4 Å². The summed E-state index contributed by atoms with van der Waals surface area (Å²) in [4.78, 5) is 25.8. The molecule has 0 aromatic rings. The number of carbonyl (C=O) groups excluding carboxylic acids is 2. The molecule has 1 amide bonds. The Balaban J connectivity index is 2.63. The number of carbonyl (C=O) groups is 2. The fourth-order valence-electron chi connectivity index (χ4n) is 1.67. The molecule has 5 heteroatoms. The van der Waals surface area contributed by atoms with E-state index in [2.05, 4.69) is 4.84 Å². The van der Waals surface area contributed by atoms with E-state index in [-0.39, 0.29) is 5.92 Å². The maximum Gasteiger partial charge on any atom is 0.328 e. The van der Waals surface area contributed by atoms with Crippen molar-refractivity contribution in [2.45, 2.75) is 19.3 Å². The second-order valence-electron chi connectivity index (χ2n) is 2.98. The first-order chi connectivity index (χ1) is 5.66. The zero-order chi connectivity index (χ0) is 9.14. The van der Waals surface area contributed by atoms with Gasteiger partial charge in [-0.1, -0.05) is 6.42 Å². The van der Waals surface area contributed by atoms with Crippen molar-refractivity contribution in [1.29, 1.82) is 0 Å². The summed E-state index contributed by atoms with van der Waals surface area (Å²) in [5.41, 5.74) is 5.09. The van der Waals surface area contributed by atoms with Gasteiger partial charge in [-0.2, -0.15) is 5.90 Å². The van der Waals surface area contributed by atoms with Gasteiger partial charge in [0.05, 0.1) is 11.8 Å². The second kappa shape index (κ2) is 3.53. The van der Waals surface area contributed by atoms with Crippen LogP contribution in [0.25, 0.3) is 0 Å². The molecule has 1 aliphatic rings. The highest BCUT2D eigenvalue weighted by Gasteiger charge is 2.37. The molecule has 0 aromatic heterocycles. The van der Waals surface area contributed by atoms with E-state index in [9.17, 15) is 9.59 Å². The first kappa shape index (κ1) is 8.99. The molecule has 1 fully saturated rings. The highest BCUT2D eigenvalue weighted by atomic mass is 16.7. The van der Waals surface area contributed by atoms with E-state index in [1.807, 2.05) is 0 Å². The first-order valence-corrected chi connectivity index (χ1v) is 3.86. The molecule has 0 spiro atoms. The van der Waals surface area contributed by atoms with Gasteiger partial charge in [-0.15, -0.1) is 0 Å². The van der Waals surface area contributed by atoms with Crippen LogP contribution in [0.1, 0.15) is 19.3 Å². The number of hydrogen-bond donors (Lipinski definition) is 2. The lowest BCUT2D eigenvalue weighted by Crippen LogP contribution is -2.32. The van der Waals surface area contributed by atoms with Crippen LogP contribution in [0.3, 0.4) is 0 Å². The molecule has 1 saturated carbocycles. The number of hydrogen-bond acceptors (Lipinski definition) is 4. The summed E-state index contributed by atoms with van der Waals surface area (Å²) in [5, 5.41) is 0. The molecule has 1 aliphatic carbocycles. The van der Waals surface area contributed by atoms with Crippen molar-refractivity contribution in [2.75, 3.05) is 0 Å². The number of nitrogens with two attached hydrogens (primary N) is 2. The minimum Gasteiger partial charge on any atom is -0.373 e. The van der Waals surface area contributed by atoms with Crippen molar-refractivity contribution in [3.63, 3.8) is 0 Å². The Bertz CT molecular complexity index is 205. The molecule has 4 N–H and O–H groups in total. The van der Waals surface area contributed by atoms with Crippen LogP contribution < -0.4 is 11.6 Å². The molecule has 0 radical (unpaired) electrons. The molecule has 2 atom stereocenters. The van der Waals surface area contributed by atoms with Gasteiger partial charge < -0.3 is 10.6 Å². The third-order valence-electron chi connectivity index (χ3n) is 2.30. The summed E-state index contributed by atoms with van der Waals surface area (Å²) in [5.74, 6) is 2.93. The molecular formula is C7H12N2O3. The summed E-state index contributed by atoms with van der Waals surface area (Å²) in [6, 6.07) is 0. The van der Waals surface area contributed by atoms with Gasteiger partial charge >= 0.3 is 5.97 Å². The lowest BCUT2D eigenvalue weighted by molar-refractivity contribution is -0.152. The second-order valence-corrected chi connectivity index (χ2v) is 2.98. The lowest BCUT2D eigenvalue weighted by atomic mass is 9.96. The zero-order valence-electron chi connectivity index (χ0n) is 6.66. The maximum absolute atomic E-state index is 11.0. The van der Waals surface area contributed by atoms with Gasteiger partial charge in [0, 0.05) is 0 Å².